The topological polar surface area (TPSA) is 98.2 Å². The van der Waals surface area contributed by atoms with Gasteiger partial charge in [0, 0.05) is 35.5 Å². The second kappa shape index (κ2) is 10.1. The van der Waals surface area contributed by atoms with Crippen molar-refractivity contribution < 1.29 is 39.3 Å². The van der Waals surface area contributed by atoms with Gasteiger partial charge in [0.2, 0.25) is 21.8 Å². The Morgan fingerprint density at radius 2 is 1.69 bits per heavy atom. The zero-order valence-electron chi connectivity index (χ0n) is 21.8. The molecule has 5 rings (SSSR count). The number of hydrogen-bond acceptors (Lipinski definition) is 7. The van der Waals surface area contributed by atoms with Gasteiger partial charge in [-0.25, -0.2) is 8.42 Å². The average Bonchev–Trinajstić information content (AvgIpc) is 3.33. The molecule has 1 aliphatic rings. The summed E-state index contributed by atoms with van der Waals surface area (Å²) in [6.45, 7) is 3.83. The van der Waals surface area contributed by atoms with Crippen molar-refractivity contribution in [3.63, 3.8) is 0 Å². The fraction of sp³-hybridized carbons (Fsp3) is 0.259. The minimum atomic E-state index is -4.41. The molecule has 0 N–H and O–H groups in total. The highest BCUT2D eigenvalue weighted by molar-refractivity contribution is 7.80. The molecule has 4 aromatic rings. The fourth-order valence-corrected chi connectivity index (χ4v) is 4.56. The third-order valence-electron chi connectivity index (χ3n) is 6.65. The number of anilines is 1. The molecule has 0 atom stereocenters. The summed E-state index contributed by atoms with van der Waals surface area (Å²) in [5.74, 6) is 0. The maximum absolute atomic E-state index is 13.3. The summed E-state index contributed by atoms with van der Waals surface area (Å²) < 4.78 is 78.7. The Morgan fingerprint density at radius 3 is 2.33 bits per heavy atom. The van der Waals surface area contributed by atoms with Crippen LogP contribution < -0.4 is 5.01 Å². The average molecular weight is 562 g/mol. The second-order valence-electron chi connectivity index (χ2n) is 9.42. The molecule has 39 heavy (non-hydrogen) atoms. The molecule has 0 saturated carbocycles. The van der Waals surface area contributed by atoms with E-state index in [2.05, 4.69) is 9.28 Å². The number of benzene rings is 3. The van der Waals surface area contributed by atoms with Crippen molar-refractivity contribution in [3.8, 4) is 0 Å². The normalized spacial score (nSPS) is 15.1. The maximum Gasteiger partial charge on any atom is 0.416 e. The highest BCUT2D eigenvalue weighted by Crippen LogP contribution is 2.42. The van der Waals surface area contributed by atoms with Crippen LogP contribution in [0.3, 0.4) is 0 Å². The van der Waals surface area contributed by atoms with Crippen molar-refractivity contribution in [2.45, 2.75) is 25.4 Å². The predicted octanol–water partition coefficient (Wildman–Crippen LogP) is 5.83. The zero-order valence-corrected chi connectivity index (χ0v) is 22.6. The van der Waals surface area contributed by atoms with Gasteiger partial charge in [0.15, 0.2) is 0 Å². The van der Waals surface area contributed by atoms with Gasteiger partial charge in [0.1, 0.15) is 24.4 Å². The maximum atomic E-state index is 13.3. The first-order chi connectivity index (χ1) is 18.1. The molecular formula is C27H26F3N3O5S. The van der Waals surface area contributed by atoms with E-state index in [0.29, 0.717) is 5.56 Å². The van der Waals surface area contributed by atoms with Crippen molar-refractivity contribution in [3.05, 3.63) is 71.8 Å². The largest absolute Gasteiger partial charge is 0.726 e. The van der Waals surface area contributed by atoms with Crippen LogP contribution in [-0.2, 0) is 26.2 Å². The highest BCUT2D eigenvalue weighted by Gasteiger charge is 2.45. The van der Waals surface area contributed by atoms with E-state index in [0.717, 1.165) is 52.2 Å². The highest BCUT2D eigenvalue weighted by atomic mass is 32.3. The zero-order chi connectivity index (χ0) is 28.8. The van der Waals surface area contributed by atoms with E-state index in [1.165, 1.54) is 12.1 Å². The molecule has 0 spiro atoms. The molecule has 0 fully saturated rings. The fourth-order valence-electron chi connectivity index (χ4n) is 4.56. The van der Waals surface area contributed by atoms with E-state index in [9.17, 15) is 26.1 Å². The third-order valence-corrected chi connectivity index (χ3v) is 7.06. The van der Waals surface area contributed by atoms with E-state index in [4.69, 9.17) is 4.42 Å². The Balaban J connectivity index is 0.000000531. The van der Waals surface area contributed by atoms with Gasteiger partial charge >= 0.3 is 6.18 Å². The number of furan rings is 1. The first kappa shape index (κ1) is 28.3. The van der Waals surface area contributed by atoms with Crippen molar-refractivity contribution >= 4 is 55.6 Å². The molecule has 1 aromatic heterocycles. The van der Waals surface area contributed by atoms with Gasteiger partial charge in [0.25, 0.3) is 0 Å². The molecule has 0 radical (unpaired) electrons. The van der Waals surface area contributed by atoms with Crippen molar-refractivity contribution in [1.82, 2.24) is 0 Å². The van der Waals surface area contributed by atoms with E-state index in [1.807, 2.05) is 75.0 Å². The van der Waals surface area contributed by atoms with E-state index in [1.54, 1.807) is 11.2 Å². The van der Waals surface area contributed by atoms with Crippen LogP contribution in [0.1, 0.15) is 25.0 Å². The lowest BCUT2D eigenvalue weighted by atomic mass is 9.81. The summed E-state index contributed by atoms with van der Waals surface area (Å²) in [6.07, 6.45) is -2.66. The van der Waals surface area contributed by atoms with Crippen molar-refractivity contribution in [1.29, 1.82) is 0 Å². The number of para-hydroxylation sites is 1. The molecule has 8 nitrogen and oxygen atoms in total. The lowest BCUT2D eigenvalue weighted by Gasteiger charge is -2.17. The molecule has 12 heteroatoms. The Bertz CT molecular complexity index is 1720. The molecule has 206 valence electrons. The second-order valence-corrected chi connectivity index (χ2v) is 10.6. The molecule has 3 aromatic carbocycles. The third kappa shape index (κ3) is 5.68. The number of alkyl halides is 3. The van der Waals surface area contributed by atoms with Gasteiger partial charge in [-0.3, -0.25) is 9.19 Å². The van der Waals surface area contributed by atoms with Crippen LogP contribution in [0.2, 0.25) is 0 Å². The van der Waals surface area contributed by atoms with Gasteiger partial charge in [0.05, 0.1) is 23.8 Å². The summed E-state index contributed by atoms with van der Waals surface area (Å²) >= 11 is 0. The van der Waals surface area contributed by atoms with Crippen LogP contribution in [0.15, 0.2) is 70.2 Å². The summed E-state index contributed by atoms with van der Waals surface area (Å²) in [4.78, 5) is 0. The quantitative estimate of drug-likeness (QED) is 0.102. The smallest absolute Gasteiger partial charge is 0.416 e. The first-order valence-electron chi connectivity index (χ1n) is 11.7. The van der Waals surface area contributed by atoms with Crippen LogP contribution in [0.4, 0.5) is 24.5 Å². The predicted molar refractivity (Wildman–Crippen MR) is 143 cm³/mol. The van der Waals surface area contributed by atoms with E-state index >= 15 is 0 Å². The van der Waals surface area contributed by atoms with Gasteiger partial charge in [-0.1, -0.05) is 18.2 Å². The molecule has 0 bridgehead atoms. The van der Waals surface area contributed by atoms with Crippen LogP contribution in [0, 0.1) is 0 Å². The minimum Gasteiger partial charge on any atom is -0.726 e. The number of fused-ring (bicyclic) bond motifs is 4. The van der Waals surface area contributed by atoms with Crippen LogP contribution >= 0.6 is 0 Å². The lowest BCUT2D eigenvalue weighted by molar-refractivity contribution is -0.400. The molecule has 0 saturated heterocycles. The number of rotatable bonds is 4. The summed E-state index contributed by atoms with van der Waals surface area (Å²) in [5, 5.41) is 8.43. The number of halogens is 3. The Morgan fingerprint density at radius 1 is 1.05 bits per heavy atom. The van der Waals surface area contributed by atoms with Crippen molar-refractivity contribution in [2.75, 3.05) is 26.2 Å². The molecule has 2 heterocycles. The summed E-state index contributed by atoms with van der Waals surface area (Å²) in [5.41, 5.74) is 3.37. The molecule has 1 aliphatic heterocycles. The van der Waals surface area contributed by atoms with Crippen LogP contribution in [0.25, 0.3) is 21.9 Å². The van der Waals surface area contributed by atoms with Gasteiger partial charge in [-0.15, -0.1) is 0 Å². The number of hydrazone groups is 1. The molecule has 0 aliphatic carbocycles. The summed E-state index contributed by atoms with van der Waals surface area (Å²) in [7, 11) is 0.0768. The lowest BCUT2D eigenvalue weighted by Crippen LogP contribution is -2.30. The molecular weight excluding hydrogens is 535 g/mol. The van der Waals surface area contributed by atoms with Crippen LogP contribution in [0.5, 0.6) is 0 Å². The minimum absolute atomic E-state index is 0.627. The molecule has 0 unspecified atom stereocenters. The Kier molecular flexibility index (Phi) is 7.32. The number of nitrogens with zero attached hydrogens (tertiary/aromatic N) is 3. The van der Waals surface area contributed by atoms with Gasteiger partial charge < -0.3 is 8.97 Å². The van der Waals surface area contributed by atoms with E-state index < -0.39 is 27.6 Å². The van der Waals surface area contributed by atoms with Gasteiger partial charge in [-0.05, 0) is 44.2 Å². The standard InChI is InChI=1S/C26H23F3N3O.CH4O4S/c1-25(2)20-13-16(26(27,28)29)9-12-21(20)31(3)24(25)15-30-32(4)17-10-11-19-18-7-5-6-8-22(18)33-23(19)14-17;1-5-6(2,3)4/h5-15H,1-4H3;1H3,(H,2,3,4)/q+1;/p-1. The number of hydrogen-bond donors (Lipinski definition) is 0. The van der Waals surface area contributed by atoms with Crippen LogP contribution in [-0.4, -0.2) is 50.7 Å². The SMILES string of the molecule is CN(N=CC1=[N+](C)c2ccc(C(F)(F)F)cc2C1(C)C)c1ccc2c(c1)oc1ccccc12.COS(=O)(=O)[O-]. The Hall–Kier alpha value is -3.74. The monoisotopic (exact) mass is 561 g/mol. The molecule has 0 amide bonds. The summed E-state index contributed by atoms with van der Waals surface area (Å²) in [6, 6.07) is 17.7. The van der Waals surface area contributed by atoms with Crippen molar-refractivity contribution in [2.24, 2.45) is 5.10 Å². The van der Waals surface area contributed by atoms with Gasteiger partial charge in [-0.2, -0.15) is 22.8 Å². The first-order valence-corrected chi connectivity index (χ1v) is 13.0. The Labute approximate surface area is 223 Å². The van der Waals surface area contributed by atoms with E-state index in [-0.39, 0.29) is 0 Å².